The van der Waals surface area contributed by atoms with Crippen LogP contribution < -0.4 is 0 Å². The summed E-state index contributed by atoms with van der Waals surface area (Å²) in [5, 5.41) is 0. The maximum atomic E-state index is 12.4. The van der Waals surface area contributed by atoms with Crippen molar-refractivity contribution in [2.45, 2.75) is 129 Å². The van der Waals surface area contributed by atoms with Gasteiger partial charge in [0.1, 0.15) is 0 Å². The van der Waals surface area contributed by atoms with Crippen molar-refractivity contribution in [3.05, 3.63) is 0 Å². The minimum absolute atomic E-state index is 0.471. The lowest BCUT2D eigenvalue weighted by Crippen LogP contribution is -2.27. The first-order chi connectivity index (χ1) is 14.7. The van der Waals surface area contributed by atoms with Crippen LogP contribution in [-0.2, 0) is 13.6 Å². The molecule has 3 atom stereocenters. The molecule has 0 heterocycles. The molecular formula is C26H51O3P. The molecule has 0 radical (unpaired) electrons. The fourth-order valence-electron chi connectivity index (χ4n) is 5.95. The molecule has 2 saturated carbocycles. The Bertz CT molecular complexity index is 457. The Labute approximate surface area is 188 Å². The second-order valence-corrected chi connectivity index (χ2v) is 12.2. The van der Waals surface area contributed by atoms with E-state index in [0.717, 1.165) is 30.6 Å². The quantitative estimate of drug-likeness (QED) is 0.166. The Kier molecular flexibility index (Phi) is 14.0. The number of hydrogen-bond acceptors (Lipinski definition) is 3. The molecule has 2 fully saturated rings. The van der Waals surface area contributed by atoms with E-state index < -0.39 is 7.60 Å². The molecule has 0 aromatic heterocycles. The van der Waals surface area contributed by atoms with Gasteiger partial charge in [-0.3, -0.25) is 4.57 Å². The largest absolute Gasteiger partial charge is 0.330 e. The molecule has 3 unspecified atom stereocenters. The van der Waals surface area contributed by atoms with Crippen LogP contribution >= 0.6 is 7.60 Å². The number of unbranched alkanes of at least 4 members (excludes halogenated alkanes) is 9. The Morgan fingerprint density at radius 2 is 1.20 bits per heavy atom. The Morgan fingerprint density at radius 1 is 0.667 bits per heavy atom. The van der Waals surface area contributed by atoms with E-state index >= 15 is 0 Å². The average Bonchev–Trinajstić information content (AvgIpc) is 2.74. The van der Waals surface area contributed by atoms with E-state index in [1.54, 1.807) is 25.7 Å². The minimum Gasteiger partial charge on any atom is -0.309 e. The standard InChI is InChI=1S/C26H51O3P/c1-3-28-30(27,29-4-2)22-16-12-10-8-6-5-7-9-11-13-17-24-20-21-25-18-14-15-19-26(25)23-24/h24-26H,3-23H2,1-2H3. The summed E-state index contributed by atoms with van der Waals surface area (Å²) >= 11 is 0. The highest BCUT2D eigenvalue weighted by Crippen LogP contribution is 2.48. The van der Waals surface area contributed by atoms with Crippen LogP contribution in [-0.4, -0.2) is 19.4 Å². The van der Waals surface area contributed by atoms with Crippen molar-refractivity contribution >= 4 is 7.60 Å². The topological polar surface area (TPSA) is 35.5 Å². The van der Waals surface area contributed by atoms with Gasteiger partial charge in [0, 0.05) is 0 Å². The Balaban J connectivity index is 1.35. The van der Waals surface area contributed by atoms with E-state index in [2.05, 4.69) is 0 Å². The molecule has 2 aliphatic carbocycles. The number of hydrogen-bond donors (Lipinski definition) is 0. The maximum Gasteiger partial charge on any atom is 0.330 e. The summed E-state index contributed by atoms with van der Waals surface area (Å²) in [7, 11) is -2.81. The lowest BCUT2D eigenvalue weighted by Gasteiger charge is -2.39. The predicted molar refractivity (Wildman–Crippen MR) is 129 cm³/mol. The molecule has 0 aliphatic heterocycles. The van der Waals surface area contributed by atoms with Gasteiger partial charge in [0.25, 0.3) is 0 Å². The van der Waals surface area contributed by atoms with Crippen molar-refractivity contribution in [2.75, 3.05) is 19.4 Å². The zero-order valence-electron chi connectivity index (χ0n) is 20.3. The molecule has 0 bridgehead atoms. The van der Waals surface area contributed by atoms with Gasteiger partial charge in [-0.2, -0.15) is 0 Å². The lowest BCUT2D eigenvalue weighted by molar-refractivity contribution is 0.124. The average molecular weight is 443 g/mol. The van der Waals surface area contributed by atoms with Crippen molar-refractivity contribution in [1.29, 1.82) is 0 Å². The summed E-state index contributed by atoms with van der Waals surface area (Å²) in [4.78, 5) is 0. The van der Waals surface area contributed by atoms with E-state index in [9.17, 15) is 4.57 Å². The highest BCUT2D eigenvalue weighted by atomic mass is 31.2. The number of fused-ring (bicyclic) bond motifs is 1. The molecule has 0 amide bonds. The number of rotatable bonds is 17. The van der Waals surface area contributed by atoms with E-state index in [-0.39, 0.29) is 0 Å². The molecule has 0 N–H and O–H groups in total. The third kappa shape index (κ3) is 10.6. The highest BCUT2D eigenvalue weighted by molar-refractivity contribution is 7.53. The second-order valence-electron chi connectivity index (χ2n) is 9.98. The Hall–Kier alpha value is 0.150. The van der Waals surface area contributed by atoms with Crippen molar-refractivity contribution in [3.63, 3.8) is 0 Å². The zero-order chi connectivity index (χ0) is 21.5. The predicted octanol–water partition coefficient (Wildman–Crippen LogP) is 9.15. The molecular weight excluding hydrogens is 391 g/mol. The highest BCUT2D eigenvalue weighted by Gasteiger charge is 2.31. The van der Waals surface area contributed by atoms with Gasteiger partial charge in [-0.15, -0.1) is 0 Å². The van der Waals surface area contributed by atoms with Gasteiger partial charge in [-0.1, -0.05) is 96.3 Å². The van der Waals surface area contributed by atoms with Crippen molar-refractivity contribution < 1.29 is 13.6 Å². The summed E-state index contributed by atoms with van der Waals surface area (Å²) < 4.78 is 23.1. The summed E-state index contributed by atoms with van der Waals surface area (Å²) in [6, 6.07) is 0. The summed E-state index contributed by atoms with van der Waals surface area (Å²) in [5.41, 5.74) is 0. The van der Waals surface area contributed by atoms with Crippen LogP contribution in [0.2, 0.25) is 0 Å². The van der Waals surface area contributed by atoms with Crippen LogP contribution in [0.1, 0.15) is 129 Å². The lowest BCUT2D eigenvalue weighted by atomic mass is 9.67. The van der Waals surface area contributed by atoms with Gasteiger partial charge in [-0.05, 0) is 50.9 Å². The van der Waals surface area contributed by atoms with Crippen molar-refractivity contribution in [3.8, 4) is 0 Å². The van der Waals surface area contributed by atoms with Gasteiger partial charge < -0.3 is 9.05 Å². The fraction of sp³-hybridized carbons (Fsp3) is 1.00. The minimum atomic E-state index is -2.81. The molecule has 30 heavy (non-hydrogen) atoms. The summed E-state index contributed by atoms with van der Waals surface area (Å²) in [6.45, 7) is 4.71. The third-order valence-electron chi connectivity index (χ3n) is 7.59. The van der Waals surface area contributed by atoms with Gasteiger partial charge >= 0.3 is 7.60 Å². The van der Waals surface area contributed by atoms with Crippen LogP contribution in [0.5, 0.6) is 0 Å². The molecule has 4 heteroatoms. The van der Waals surface area contributed by atoms with Gasteiger partial charge in [0.15, 0.2) is 0 Å². The van der Waals surface area contributed by atoms with Gasteiger partial charge in [0.2, 0.25) is 0 Å². The van der Waals surface area contributed by atoms with E-state index in [1.807, 2.05) is 13.8 Å². The molecule has 0 saturated heterocycles. The normalized spacial score (nSPS) is 24.7. The van der Waals surface area contributed by atoms with Crippen LogP contribution in [0.4, 0.5) is 0 Å². The molecule has 178 valence electrons. The van der Waals surface area contributed by atoms with Crippen LogP contribution in [0.3, 0.4) is 0 Å². The van der Waals surface area contributed by atoms with Gasteiger partial charge in [-0.25, -0.2) is 0 Å². The molecule has 0 aromatic rings. The smallest absolute Gasteiger partial charge is 0.309 e. The Morgan fingerprint density at radius 3 is 1.80 bits per heavy atom. The molecule has 0 aromatic carbocycles. The molecule has 0 spiro atoms. The monoisotopic (exact) mass is 442 g/mol. The second kappa shape index (κ2) is 15.9. The molecule has 2 rings (SSSR count). The van der Waals surface area contributed by atoms with Gasteiger partial charge in [0.05, 0.1) is 19.4 Å². The molecule has 2 aliphatic rings. The van der Waals surface area contributed by atoms with Crippen molar-refractivity contribution in [1.82, 2.24) is 0 Å². The van der Waals surface area contributed by atoms with Crippen LogP contribution in [0.15, 0.2) is 0 Å². The first-order valence-electron chi connectivity index (χ1n) is 13.5. The van der Waals surface area contributed by atoms with Crippen LogP contribution in [0.25, 0.3) is 0 Å². The van der Waals surface area contributed by atoms with E-state index in [0.29, 0.717) is 19.4 Å². The first-order valence-corrected chi connectivity index (χ1v) is 15.3. The van der Waals surface area contributed by atoms with E-state index in [4.69, 9.17) is 9.05 Å². The zero-order valence-corrected chi connectivity index (χ0v) is 21.1. The molecule has 3 nitrogen and oxygen atoms in total. The SMILES string of the molecule is CCOP(=O)(CCCCCCCCCCCCC1CCC2CCCCC2C1)OCC. The third-order valence-corrected chi connectivity index (χ3v) is 9.76. The maximum absolute atomic E-state index is 12.4. The summed E-state index contributed by atoms with van der Waals surface area (Å²) in [6.07, 6.45) is 26.0. The van der Waals surface area contributed by atoms with Crippen molar-refractivity contribution in [2.24, 2.45) is 17.8 Å². The first kappa shape index (κ1) is 26.4. The fourth-order valence-corrected chi connectivity index (χ4v) is 7.68. The van der Waals surface area contributed by atoms with E-state index in [1.165, 1.54) is 77.0 Å². The summed E-state index contributed by atoms with van der Waals surface area (Å²) in [5.74, 6) is 3.27. The van der Waals surface area contributed by atoms with Crippen LogP contribution in [0, 0.1) is 17.8 Å².